The summed E-state index contributed by atoms with van der Waals surface area (Å²) in [5, 5.41) is 10.2. The van der Waals surface area contributed by atoms with Crippen molar-refractivity contribution in [2.45, 2.75) is 11.4 Å². The van der Waals surface area contributed by atoms with Gasteiger partial charge in [-0.25, -0.2) is 17.5 Å². The van der Waals surface area contributed by atoms with Gasteiger partial charge in [0.1, 0.15) is 16.2 Å². The molecule has 0 aliphatic heterocycles. The lowest BCUT2D eigenvalue weighted by molar-refractivity contribution is 0.460. The fourth-order valence-corrected chi connectivity index (χ4v) is 3.34. The third kappa shape index (κ3) is 3.01. The molecule has 5 nitrogen and oxygen atoms in total. The molecule has 0 aliphatic carbocycles. The number of rotatable bonds is 4. The Kier molecular flexibility index (Phi) is 3.97. The molecule has 0 spiro atoms. The molecule has 3 aromatic rings. The van der Waals surface area contributed by atoms with Crippen LogP contribution >= 0.6 is 0 Å². The van der Waals surface area contributed by atoms with Gasteiger partial charge in [0, 0.05) is 18.1 Å². The lowest BCUT2D eigenvalue weighted by Gasteiger charge is -2.10. The molecule has 2 aromatic carbocycles. The van der Waals surface area contributed by atoms with Crippen molar-refractivity contribution in [2.24, 2.45) is 0 Å². The number of benzene rings is 2. The van der Waals surface area contributed by atoms with Crippen LogP contribution in [0.2, 0.25) is 0 Å². The van der Waals surface area contributed by atoms with Gasteiger partial charge in [0.2, 0.25) is 10.0 Å². The van der Waals surface area contributed by atoms with Gasteiger partial charge in [-0.05, 0) is 23.8 Å². The van der Waals surface area contributed by atoms with Crippen LogP contribution in [0.1, 0.15) is 5.56 Å². The van der Waals surface area contributed by atoms with E-state index in [2.05, 4.69) is 9.71 Å². The molecule has 7 heteroatoms. The van der Waals surface area contributed by atoms with E-state index in [-0.39, 0.29) is 17.4 Å². The van der Waals surface area contributed by atoms with Gasteiger partial charge >= 0.3 is 0 Å². The maximum absolute atomic E-state index is 14.1. The highest BCUT2D eigenvalue weighted by Crippen LogP contribution is 2.32. The molecule has 0 unspecified atom stereocenters. The van der Waals surface area contributed by atoms with E-state index in [4.69, 9.17) is 0 Å². The van der Waals surface area contributed by atoms with Crippen molar-refractivity contribution in [3.8, 4) is 5.75 Å². The maximum atomic E-state index is 14.1. The number of nitrogens with zero attached hydrogens (tertiary/aromatic N) is 1. The molecule has 0 saturated heterocycles. The quantitative estimate of drug-likeness (QED) is 0.769. The molecule has 0 atom stereocenters. The number of aromatic hydroxyl groups is 1. The molecule has 23 heavy (non-hydrogen) atoms. The van der Waals surface area contributed by atoms with Crippen molar-refractivity contribution in [3.63, 3.8) is 0 Å². The molecular formula is C16H13FN2O3S. The number of halogens is 1. The first-order chi connectivity index (χ1) is 11.0. The van der Waals surface area contributed by atoms with Crippen LogP contribution in [0, 0.1) is 5.82 Å². The van der Waals surface area contributed by atoms with Gasteiger partial charge in [-0.2, -0.15) is 0 Å². The molecule has 0 saturated carbocycles. The first-order valence-corrected chi connectivity index (χ1v) is 8.27. The fourth-order valence-electron chi connectivity index (χ4n) is 2.22. The van der Waals surface area contributed by atoms with Crippen LogP contribution in [0.5, 0.6) is 5.75 Å². The minimum absolute atomic E-state index is 0.0322. The van der Waals surface area contributed by atoms with Crippen molar-refractivity contribution in [1.82, 2.24) is 9.71 Å². The number of aromatic nitrogens is 1. The molecular weight excluding hydrogens is 319 g/mol. The Morgan fingerprint density at radius 3 is 2.61 bits per heavy atom. The third-order valence-corrected chi connectivity index (χ3v) is 4.79. The minimum Gasteiger partial charge on any atom is -0.504 e. The summed E-state index contributed by atoms with van der Waals surface area (Å²) in [4.78, 5) is 3.32. The molecule has 0 fully saturated rings. The van der Waals surface area contributed by atoms with Crippen LogP contribution in [0.4, 0.5) is 4.39 Å². The van der Waals surface area contributed by atoms with Crippen LogP contribution in [-0.2, 0) is 16.6 Å². The van der Waals surface area contributed by atoms with Crippen LogP contribution < -0.4 is 4.72 Å². The summed E-state index contributed by atoms with van der Waals surface area (Å²) in [6.07, 6.45) is 1.36. The predicted molar refractivity (Wildman–Crippen MR) is 83.8 cm³/mol. The number of phenolic OH excluding ortho intramolecular Hbond substituents is 1. The van der Waals surface area contributed by atoms with Crippen LogP contribution in [0.15, 0.2) is 59.6 Å². The highest BCUT2D eigenvalue weighted by atomic mass is 32.2. The average Bonchev–Trinajstić information content (AvgIpc) is 2.57. The van der Waals surface area contributed by atoms with E-state index < -0.39 is 26.5 Å². The number of nitrogens with one attached hydrogen (secondary N) is 1. The maximum Gasteiger partial charge on any atom is 0.244 e. The fraction of sp³-hybridized carbons (Fsp3) is 0.0625. The Labute approximate surface area is 132 Å². The van der Waals surface area contributed by atoms with Crippen LogP contribution in [0.3, 0.4) is 0 Å². The number of fused-ring (bicyclic) bond motifs is 1. The predicted octanol–water partition coefficient (Wildman–Crippen LogP) is 2.56. The minimum atomic E-state index is -4.08. The third-order valence-electron chi connectivity index (χ3n) is 3.38. The molecule has 2 N–H and O–H groups in total. The van der Waals surface area contributed by atoms with E-state index in [1.54, 1.807) is 24.3 Å². The van der Waals surface area contributed by atoms with Crippen molar-refractivity contribution in [1.29, 1.82) is 0 Å². The topological polar surface area (TPSA) is 79.3 Å². The molecule has 1 aromatic heterocycles. The average molecular weight is 332 g/mol. The van der Waals surface area contributed by atoms with E-state index >= 15 is 0 Å². The summed E-state index contributed by atoms with van der Waals surface area (Å²) < 4.78 is 41.1. The van der Waals surface area contributed by atoms with Crippen molar-refractivity contribution in [3.05, 3.63) is 66.1 Å². The molecule has 0 radical (unpaired) electrons. The number of hydrogen-bond acceptors (Lipinski definition) is 4. The summed E-state index contributed by atoms with van der Waals surface area (Å²) in [7, 11) is -4.08. The van der Waals surface area contributed by atoms with E-state index in [0.29, 0.717) is 0 Å². The number of hydrogen-bond donors (Lipinski definition) is 2. The molecule has 0 amide bonds. The second-order valence-electron chi connectivity index (χ2n) is 4.91. The first-order valence-electron chi connectivity index (χ1n) is 6.79. The Balaban J connectivity index is 2.00. The lowest BCUT2D eigenvalue weighted by Crippen LogP contribution is -2.23. The standard InChI is InChI=1S/C16H13FN2O3S/c17-13-9-14(16(20)15-12(13)7-4-8-18-15)23(21,22)19-10-11-5-2-1-3-6-11/h1-9,19-20H,10H2. The first kappa shape index (κ1) is 15.4. The summed E-state index contributed by atoms with van der Waals surface area (Å²) in [5.41, 5.74) is 0.655. The number of pyridine rings is 1. The van der Waals surface area contributed by atoms with E-state index in [0.717, 1.165) is 11.6 Å². The zero-order chi connectivity index (χ0) is 16.4. The van der Waals surface area contributed by atoms with Gasteiger partial charge < -0.3 is 5.11 Å². The van der Waals surface area contributed by atoms with Crippen molar-refractivity contribution >= 4 is 20.9 Å². The van der Waals surface area contributed by atoms with Crippen LogP contribution in [0.25, 0.3) is 10.9 Å². The molecule has 3 rings (SSSR count). The van der Waals surface area contributed by atoms with Crippen molar-refractivity contribution in [2.75, 3.05) is 0 Å². The lowest BCUT2D eigenvalue weighted by atomic mass is 10.2. The zero-order valence-electron chi connectivity index (χ0n) is 11.9. The second-order valence-corrected chi connectivity index (χ2v) is 6.65. The highest BCUT2D eigenvalue weighted by Gasteiger charge is 2.23. The number of phenols is 1. The van der Waals surface area contributed by atoms with Crippen LogP contribution in [-0.4, -0.2) is 18.5 Å². The smallest absolute Gasteiger partial charge is 0.244 e. The largest absolute Gasteiger partial charge is 0.504 e. The summed E-state index contributed by atoms with van der Waals surface area (Å²) in [5.74, 6) is -1.33. The van der Waals surface area contributed by atoms with Gasteiger partial charge in [-0.15, -0.1) is 0 Å². The van der Waals surface area contributed by atoms with E-state index in [1.165, 1.54) is 18.3 Å². The Hall–Kier alpha value is -2.51. The monoisotopic (exact) mass is 332 g/mol. The summed E-state index contributed by atoms with van der Waals surface area (Å²) in [6, 6.07) is 12.6. The van der Waals surface area contributed by atoms with Gasteiger partial charge in [-0.3, -0.25) is 4.98 Å². The molecule has 1 heterocycles. The highest BCUT2D eigenvalue weighted by molar-refractivity contribution is 7.89. The van der Waals surface area contributed by atoms with Crippen molar-refractivity contribution < 1.29 is 17.9 Å². The Bertz CT molecular complexity index is 960. The molecule has 118 valence electrons. The Morgan fingerprint density at radius 1 is 1.13 bits per heavy atom. The van der Waals surface area contributed by atoms with Gasteiger partial charge in [0.15, 0.2) is 5.75 Å². The zero-order valence-corrected chi connectivity index (χ0v) is 12.7. The number of sulfonamides is 1. The van der Waals surface area contributed by atoms with E-state index in [1.807, 2.05) is 6.07 Å². The van der Waals surface area contributed by atoms with Gasteiger partial charge in [-0.1, -0.05) is 30.3 Å². The van der Waals surface area contributed by atoms with Gasteiger partial charge in [0.25, 0.3) is 0 Å². The van der Waals surface area contributed by atoms with E-state index in [9.17, 15) is 17.9 Å². The summed E-state index contributed by atoms with van der Waals surface area (Å²) >= 11 is 0. The molecule has 0 bridgehead atoms. The molecule has 0 aliphatic rings. The summed E-state index contributed by atoms with van der Waals surface area (Å²) in [6.45, 7) is 0.0322. The van der Waals surface area contributed by atoms with Gasteiger partial charge in [0.05, 0.1) is 0 Å². The Morgan fingerprint density at radius 2 is 1.87 bits per heavy atom. The SMILES string of the molecule is O=S(=O)(NCc1ccccc1)c1cc(F)c2cccnc2c1O. The second kappa shape index (κ2) is 5.94. The normalized spacial score (nSPS) is 11.7.